The van der Waals surface area contributed by atoms with Gasteiger partial charge in [0, 0.05) is 16.0 Å². The number of nitrogens with zero attached hydrogens (tertiary/aromatic N) is 2. The molecule has 2 aromatic carbocycles. The van der Waals surface area contributed by atoms with Crippen molar-refractivity contribution in [3.8, 4) is 0 Å². The second kappa shape index (κ2) is 6.92. The number of carbonyl (C=O) groups excluding carboxylic acids is 1. The second-order valence-corrected chi connectivity index (χ2v) is 7.20. The summed E-state index contributed by atoms with van der Waals surface area (Å²) in [6, 6.07) is 11.8. The van der Waals surface area contributed by atoms with E-state index in [4.69, 9.17) is 0 Å². The number of rotatable bonds is 3. The van der Waals surface area contributed by atoms with Crippen molar-refractivity contribution in [1.82, 2.24) is 15.1 Å². The molecule has 0 bridgehead atoms. The standard InChI is InChI=1S/C19H16FN3O2S/c20-14-6-3-5-12-15(8-9-26-19(12)14)22-18(25)11-23-16-7-2-1-4-13(16)17(24)10-21-23/h1-7,10,15H,8-9,11H2,(H,22,25). The van der Waals surface area contributed by atoms with Crippen LogP contribution in [-0.2, 0) is 11.3 Å². The largest absolute Gasteiger partial charge is 0.348 e. The van der Waals surface area contributed by atoms with Crippen LogP contribution in [-0.4, -0.2) is 21.4 Å². The van der Waals surface area contributed by atoms with Gasteiger partial charge in [-0.25, -0.2) is 4.39 Å². The zero-order valence-corrected chi connectivity index (χ0v) is 14.6. The van der Waals surface area contributed by atoms with Crippen molar-refractivity contribution in [2.45, 2.75) is 23.9 Å². The summed E-state index contributed by atoms with van der Waals surface area (Å²) in [6.07, 6.45) is 1.96. The monoisotopic (exact) mass is 369 g/mol. The molecule has 1 aliphatic rings. The van der Waals surface area contributed by atoms with Crippen LogP contribution in [0.25, 0.3) is 10.9 Å². The number of fused-ring (bicyclic) bond motifs is 2. The van der Waals surface area contributed by atoms with Crippen LogP contribution in [0.1, 0.15) is 18.0 Å². The van der Waals surface area contributed by atoms with Crippen molar-refractivity contribution in [2.75, 3.05) is 5.75 Å². The van der Waals surface area contributed by atoms with Gasteiger partial charge in [0.05, 0.1) is 17.8 Å². The topological polar surface area (TPSA) is 64.0 Å². The molecule has 1 aromatic heterocycles. The zero-order chi connectivity index (χ0) is 18.1. The van der Waals surface area contributed by atoms with Crippen molar-refractivity contribution in [1.29, 1.82) is 0 Å². The number of hydrogen-bond acceptors (Lipinski definition) is 4. The molecule has 0 saturated heterocycles. The highest BCUT2D eigenvalue weighted by Gasteiger charge is 2.24. The minimum atomic E-state index is -0.250. The Balaban J connectivity index is 1.57. The number of amides is 1. The summed E-state index contributed by atoms with van der Waals surface area (Å²) >= 11 is 1.48. The van der Waals surface area contributed by atoms with E-state index >= 15 is 0 Å². The molecule has 2 heterocycles. The predicted octanol–water partition coefficient (Wildman–Crippen LogP) is 2.89. The second-order valence-electron chi connectivity index (χ2n) is 6.10. The molecule has 1 aliphatic heterocycles. The van der Waals surface area contributed by atoms with Gasteiger partial charge in [-0.3, -0.25) is 14.3 Å². The van der Waals surface area contributed by atoms with Crippen LogP contribution in [0.15, 0.2) is 58.4 Å². The summed E-state index contributed by atoms with van der Waals surface area (Å²) < 4.78 is 15.5. The fraction of sp³-hybridized carbons (Fsp3) is 0.211. The molecule has 4 rings (SSSR count). The fourth-order valence-corrected chi connectivity index (χ4v) is 4.34. The van der Waals surface area contributed by atoms with Crippen LogP contribution in [0, 0.1) is 5.82 Å². The zero-order valence-electron chi connectivity index (χ0n) is 13.8. The minimum absolute atomic E-state index is 0.00488. The first kappa shape index (κ1) is 16.8. The van der Waals surface area contributed by atoms with E-state index in [0.717, 1.165) is 17.7 Å². The molecule has 1 N–H and O–H groups in total. The van der Waals surface area contributed by atoms with Gasteiger partial charge in [0.1, 0.15) is 12.4 Å². The van der Waals surface area contributed by atoms with E-state index < -0.39 is 0 Å². The van der Waals surface area contributed by atoms with E-state index in [1.54, 1.807) is 30.3 Å². The molecular weight excluding hydrogens is 353 g/mol. The van der Waals surface area contributed by atoms with Crippen LogP contribution in [0.4, 0.5) is 4.39 Å². The SMILES string of the molecule is O=C(Cn1ncc(=O)c2ccccc21)NC1CCSc2c(F)cccc21. The van der Waals surface area contributed by atoms with E-state index in [-0.39, 0.29) is 29.7 Å². The van der Waals surface area contributed by atoms with Crippen LogP contribution in [0.2, 0.25) is 0 Å². The molecule has 5 nitrogen and oxygen atoms in total. The van der Waals surface area contributed by atoms with E-state index in [1.165, 1.54) is 28.7 Å². The lowest BCUT2D eigenvalue weighted by Crippen LogP contribution is -2.34. The molecule has 3 aromatic rings. The summed E-state index contributed by atoms with van der Waals surface area (Å²) in [7, 11) is 0. The molecule has 0 radical (unpaired) electrons. The Hall–Kier alpha value is -2.67. The fourth-order valence-electron chi connectivity index (χ4n) is 3.20. The lowest BCUT2D eigenvalue weighted by atomic mass is 10.0. The number of aromatic nitrogens is 2. The molecule has 1 atom stereocenters. The Morgan fingerprint density at radius 1 is 1.27 bits per heavy atom. The third-order valence-electron chi connectivity index (χ3n) is 4.42. The quantitative estimate of drug-likeness (QED) is 0.771. The lowest BCUT2D eigenvalue weighted by molar-refractivity contribution is -0.122. The molecule has 0 aliphatic carbocycles. The van der Waals surface area contributed by atoms with Crippen LogP contribution in [0.3, 0.4) is 0 Å². The molecule has 0 fully saturated rings. The average molecular weight is 369 g/mol. The van der Waals surface area contributed by atoms with Gasteiger partial charge in [-0.15, -0.1) is 11.8 Å². The number of para-hydroxylation sites is 1. The molecule has 7 heteroatoms. The Kier molecular flexibility index (Phi) is 4.46. The van der Waals surface area contributed by atoms with E-state index in [1.807, 2.05) is 6.07 Å². The van der Waals surface area contributed by atoms with Crippen molar-refractivity contribution >= 4 is 28.6 Å². The molecule has 26 heavy (non-hydrogen) atoms. The highest BCUT2D eigenvalue weighted by Crippen LogP contribution is 2.37. The van der Waals surface area contributed by atoms with Crippen LogP contribution < -0.4 is 10.7 Å². The highest BCUT2D eigenvalue weighted by molar-refractivity contribution is 7.99. The number of nitrogens with one attached hydrogen (secondary N) is 1. The van der Waals surface area contributed by atoms with Crippen molar-refractivity contribution in [2.24, 2.45) is 0 Å². The Bertz CT molecular complexity index is 1050. The van der Waals surface area contributed by atoms with Crippen molar-refractivity contribution in [3.63, 3.8) is 0 Å². The highest BCUT2D eigenvalue weighted by atomic mass is 32.2. The van der Waals surface area contributed by atoms with Crippen molar-refractivity contribution in [3.05, 3.63) is 70.3 Å². The van der Waals surface area contributed by atoms with Crippen LogP contribution in [0.5, 0.6) is 0 Å². The first-order valence-corrected chi connectivity index (χ1v) is 9.27. The van der Waals surface area contributed by atoms with Gasteiger partial charge in [0.25, 0.3) is 0 Å². The first-order chi connectivity index (χ1) is 12.6. The van der Waals surface area contributed by atoms with Gasteiger partial charge in [-0.05, 0) is 30.2 Å². The summed E-state index contributed by atoms with van der Waals surface area (Å²) in [4.78, 5) is 25.0. The summed E-state index contributed by atoms with van der Waals surface area (Å²) in [5.41, 5.74) is 1.25. The van der Waals surface area contributed by atoms with Crippen molar-refractivity contribution < 1.29 is 9.18 Å². The maximum Gasteiger partial charge on any atom is 0.242 e. The predicted molar refractivity (Wildman–Crippen MR) is 98.6 cm³/mol. The Labute approximate surface area is 153 Å². The van der Waals surface area contributed by atoms with Gasteiger partial charge in [-0.2, -0.15) is 5.10 Å². The molecule has 1 amide bonds. The molecule has 1 unspecified atom stereocenters. The van der Waals surface area contributed by atoms with E-state index in [2.05, 4.69) is 10.4 Å². The summed E-state index contributed by atoms with van der Waals surface area (Å²) in [5.74, 6) is 0.274. The Morgan fingerprint density at radius 2 is 2.12 bits per heavy atom. The number of benzene rings is 2. The van der Waals surface area contributed by atoms with Gasteiger partial charge in [0.2, 0.25) is 11.3 Å². The summed E-state index contributed by atoms with van der Waals surface area (Å²) in [6.45, 7) is -0.00488. The van der Waals surface area contributed by atoms with Gasteiger partial charge < -0.3 is 5.32 Å². The number of carbonyl (C=O) groups is 1. The molecule has 132 valence electrons. The normalized spacial score (nSPS) is 16.3. The molecule has 0 saturated carbocycles. The maximum atomic E-state index is 14.0. The molecule has 0 spiro atoms. The number of hydrogen-bond donors (Lipinski definition) is 1. The number of thioether (sulfide) groups is 1. The first-order valence-electron chi connectivity index (χ1n) is 8.29. The maximum absolute atomic E-state index is 14.0. The van der Waals surface area contributed by atoms with Gasteiger partial charge >= 0.3 is 0 Å². The molecular formula is C19H16FN3O2S. The number of halogens is 1. The van der Waals surface area contributed by atoms with Gasteiger partial charge in [-0.1, -0.05) is 24.3 Å². The third-order valence-corrected chi connectivity index (χ3v) is 5.58. The van der Waals surface area contributed by atoms with Gasteiger partial charge in [0.15, 0.2) is 0 Å². The Morgan fingerprint density at radius 3 is 3.00 bits per heavy atom. The lowest BCUT2D eigenvalue weighted by Gasteiger charge is -2.26. The van der Waals surface area contributed by atoms with E-state index in [0.29, 0.717) is 15.8 Å². The third kappa shape index (κ3) is 3.10. The summed E-state index contributed by atoms with van der Waals surface area (Å²) in [5, 5.41) is 7.57. The average Bonchev–Trinajstić information content (AvgIpc) is 2.65. The van der Waals surface area contributed by atoms with Crippen LogP contribution >= 0.6 is 11.8 Å². The minimum Gasteiger partial charge on any atom is -0.348 e. The smallest absolute Gasteiger partial charge is 0.242 e. The van der Waals surface area contributed by atoms with E-state index in [9.17, 15) is 14.0 Å².